The molecule has 166 valence electrons. The van der Waals surface area contributed by atoms with Gasteiger partial charge in [-0.15, -0.1) is 0 Å². The number of hydrogen-bond donors (Lipinski definition) is 0. The summed E-state index contributed by atoms with van der Waals surface area (Å²) in [6.45, 7) is -0.129. The molecule has 0 unspecified atom stereocenters. The highest BCUT2D eigenvalue weighted by Crippen LogP contribution is 2.31. The maximum atomic E-state index is 12.8. The second-order valence-electron chi connectivity index (χ2n) is 8.35. The largest absolute Gasteiger partial charge is 0.334 e. The molecule has 0 bridgehead atoms. The zero-order valence-corrected chi connectivity index (χ0v) is 18.2. The van der Waals surface area contributed by atoms with E-state index in [1.807, 2.05) is 0 Å². The molecule has 1 saturated carbocycles. The number of fused-ring (bicyclic) bond motifs is 1. The molecule has 31 heavy (non-hydrogen) atoms. The third-order valence-corrected chi connectivity index (χ3v) is 7.38. The van der Waals surface area contributed by atoms with Crippen LogP contribution in [0.5, 0.6) is 0 Å². The Balaban J connectivity index is 1.52. The van der Waals surface area contributed by atoms with Gasteiger partial charge in [-0.2, -0.15) is 0 Å². The van der Waals surface area contributed by atoms with E-state index < -0.39 is 40.2 Å². The lowest BCUT2D eigenvalue weighted by Crippen LogP contribution is -2.43. The summed E-state index contributed by atoms with van der Waals surface area (Å²) in [5.74, 6) is -2.30. The van der Waals surface area contributed by atoms with E-state index in [4.69, 9.17) is 0 Å². The summed E-state index contributed by atoms with van der Waals surface area (Å²) < 4.78 is 25.3. The van der Waals surface area contributed by atoms with Crippen molar-refractivity contribution >= 4 is 39.3 Å². The molecule has 0 aromatic heterocycles. The molecule has 1 aromatic rings. The van der Waals surface area contributed by atoms with Gasteiger partial charge in [0.05, 0.1) is 18.5 Å². The lowest BCUT2D eigenvalue weighted by molar-refractivity contribution is -0.144. The number of carbonyl (C=O) groups excluding carboxylic acids is 4. The van der Waals surface area contributed by atoms with E-state index in [1.54, 1.807) is 12.1 Å². The Hall–Kier alpha value is -2.75. The topological polar surface area (TPSA) is 112 Å². The number of benzene rings is 1. The number of imide groups is 2. The number of rotatable bonds is 5. The van der Waals surface area contributed by atoms with Gasteiger partial charge in [0.15, 0.2) is 5.78 Å². The van der Waals surface area contributed by atoms with Crippen LogP contribution in [-0.4, -0.2) is 67.2 Å². The maximum absolute atomic E-state index is 12.8. The highest BCUT2D eigenvalue weighted by atomic mass is 32.2. The number of aryl methyl sites for hydroxylation is 1. The van der Waals surface area contributed by atoms with Crippen LogP contribution in [0, 0.1) is 0 Å². The Morgan fingerprint density at radius 1 is 1.03 bits per heavy atom. The molecule has 0 spiro atoms. The molecule has 1 aliphatic carbocycles. The van der Waals surface area contributed by atoms with Crippen LogP contribution in [0.1, 0.15) is 54.4 Å². The number of amides is 4. The zero-order valence-electron chi connectivity index (χ0n) is 17.4. The molecule has 0 atom stereocenters. The predicted molar refractivity (Wildman–Crippen MR) is 112 cm³/mol. The molecule has 3 aliphatic rings. The second-order valence-corrected chi connectivity index (χ2v) is 10.3. The Kier molecular flexibility index (Phi) is 5.59. The summed E-state index contributed by atoms with van der Waals surface area (Å²) in [7, 11) is -3.42. The molecule has 1 aromatic carbocycles. The van der Waals surface area contributed by atoms with Crippen molar-refractivity contribution in [1.29, 1.82) is 0 Å². The van der Waals surface area contributed by atoms with Gasteiger partial charge in [-0.3, -0.25) is 23.6 Å². The number of ketones is 1. The van der Waals surface area contributed by atoms with Crippen molar-refractivity contribution in [1.82, 2.24) is 9.80 Å². The van der Waals surface area contributed by atoms with Crippen LogP contribution in [-0.2, 0) is 26.0 Å². The third-order valence-electron chi connectivity index (χ3n) is 6.20. The van der Waals surface area contributed by atoms with Crippen molar-refractivity contribution in [2.75, 3.05) is 23.7 Å². The molecule has 2 aliphatic heterocycles. The first-order valence-electron chi connectivity index (χ1n) is 10.5. The van der Waals surface area contributed by atoms with E-state index in [-0.39, 0.29) is 11.6 Å². The summed E-state index contributed by atoms with van der Waals surface area (Å²) in [4.78, 5) is 52.2. The number of nitrogens with zero attached hydrogens (tertiary/aromatic N) is 3. The highest BCUT2D eigenvalue weighted by molar-refractivity contribution is 7.92. The molecule has 4 rings (SSSR count). The van der Waals surface area contributed by atoms with Crippen molar-refractivity contribution in [3.63, 3.8) is 0 Å². The first-order chi connectivity index (χ1) is 14.7. The van der Waals surface area contributed by atoms with Crippen LogP contribution >= 0.6 is 0 Å². The fourth-order valence-corrected chi connectivity index (χ4v) is 5.63. The molecule has 0 radical (unpaired) electrons. The van der Waals surface area contributed by atoms with Crippen molar-refractivity contribution in [2.24, 2.45) is 0 Å². The van der Waals surface area contributed by atoms with Crippen molar-refractivity contribution in [3.8, 4) is 0 Å². The molecule has 1 saturated heterocycles. The highest BCUT2D eigenvalue weighted by Gasteiger charge is 2.48. The smallest absolute Gasteiger partial charge is 0.292 e. The van der Waals surface area contributed by atoms with E-state index in [2.05, 4.69) is 0 Å². The molecule has 2 heterocycles. The van der Waals surface area contributed by atoms with Crippen LogP contribution in [0.3, 0.4) is 0 Å². The SMILES string of the molecule is CS(=O)(=O)N1CCCc2cc(C(=O)CN3C(=O)C(=O)N(C4CCCCC4)C3=O)ccc21. The van der Waals surface area contributed by atoms with Crippen molar-refractivity contribution < 1.29 is 27.6 Å². The number of Topliss-reactive ketones (excluding diaryl/α,β-unsaturated/α-hetero) is 1. The average Bonchev–Trinajstić information content (AvgIpc) is 2.96. The summed E-state index contributed by atoms with van der Waals surface area (Å²) in [6, 6.07) is 3.67. The zero-order chi connectivity index (χ0) is 22.3. The predicted octanol–water partition coefficient (Wildman–Crippen LogP) is 1.70. The van der Waals surface area contributed by atoms with Gasteiger partial charge < -0.3 is 0 Å². The number of anilines is 1. The van der Waals surface area contributed by atoms with Crippen molar-refractivity contribution in [2.45, 2.75) is 51.0 Å². The number of carbonyl (C=O) groups is 4. The molecule has 2 fully saturated rings. The Morgan fingerprint density at radius 2 is 1.74 bits per heavy atom. The van der Waals surface area contributed by atoms with Gasteiger partial charge >= 0.3 is 17.8 Å². The Bertz CT molecular complexity index is 1060. The fourth-order valence-electron chi connectivity index (χ4n) is 4.64. The molecule has 10 heteroatoms. The maximum Gasteiger partial charge on any atom is 0.334 e. The van der Waals surface area contributed by atoms with Gasteiger partial charge in [-0.25, -0.2) is 18.1 Å². The fraction of sp³-hybridized carbons (Fsp3) is 0.524. The quantitative estimate of drug-likeness (QED) is 0.386. The minimum absolute atomic E-state index is 0.276. The number of urea groups is 1. The second kappa shape index (κ2) is 8.07. The van der Waals surface area contributed by atoms with E-state index in [0.717, 1.165) is 40.9 Å². The Morgan fingerprint density at radius 3 is 2.42 bits per heavy atom. The van der Waals surface area contributed by atoms with Gasteiger partial charge in [0.1, 0.15) is 0 Å². The minimum atomic E-state index is -3.42. The summed E-state index contributed by atoms with van der Waals surface area (Å²) in [5, 5.41) is 0. The lowest BCUT2D eigenvalue weighted by atomic mass is 9.94. The van der Waals surface area contributed by atoms with Gasteiger partial charge in [0.2, 0.25) is 10.0 Å². The van der Waals surface area contributed by atoms with Crippen LogP contribution in [0.4, 0.5) is 10.5 Å². The standard InChI is InChI=1S/C21H25N3O6S/c1-31(29,30)23-11-5-6-14-12-15(9-10-17(14)23)18(25)13-22-19(26)20(27)24(21(22)28)16-7-3-2-4-8-16/h9-10,12,16H,2-8,11,13H2,1H3. The van der Waals surface area contributed by atoms with E-state index in [1.165, 1.54) is 10.4 Å². The van der Waals surface area contributed by atoms with Gasteiger partial charge in [-0.05, 0) is 49.4 Å². The molecule has 4 amide bonds. The molecule has 9 nitrogen and oxygen atoms in total. The van der Waals surface area contributed by atoms with Gasteiger partial charge in [-0.1, -0.05) is 19.3 Å². The molecular weight excluding hydrogens is 422 g/mol. The Labute approximate surface area is 181 Å². The number of hydrogen-bond acceptors (Lipinski definition) is 6. The normalized spacial score (nSPS) is 20.4. The monoisotopic (exact) mass is 447 g/mol. The minimum Gasteiger partial charge on any atom is -0.292 e. The van der Waals surface area contributed by atoms with Crippen LogP contribution in [0.2, 0.25) is 0 Å². The van der Waals surface area contributed by atoms with Crippen molar-refractivity contribution in [3.05, 3.63) is 29.3 Å². The summed E-state index contributed by atoms with van der Waals surface area (Å²) in [5.41, 5.74) is 1.54. The lowest BCUT2D eigenvalue weighted by Gasteiger charge is -2.29. The number of sulfonamides is 1. The van der Waals surface area contributed by atoms with E-state index in [0.29, 0.717) is 37.9 Å². The van der Waals surface area contributed by atoms with Crippen LogP contribution in [0.25, 0.3) is 0 Å². The first kappa shape index (κ1) is 21.5. The molecule has 0 N–H and O–H groups in total. The van der Waals surface area contributed by atoms with Gasteiger partial charge in [0, 0.05) is 18.2 Å². The first-order valence-corrected chi connectivity index (χ1v) is 12.4. The summed E-state index contributed by atoms with van der Waals surface area (Å²) >= 11 is 0. The third kappa shape index (κ3) is 3.96. The molecular formula is C21H25N3O6S. The summed E-state index contributed by atoms with van der Waals surface area (Å²) in [6.07, 6.45) is 6.58. The van der Waals surface area contributed by atoms with Gasteiger partial charge in [0.25, 0.3) is 0 Å². The van der Waals surface area contributed by atoms with Crippen LogP contribution in [0.15, 0.2) is 18.2 Å². The average molecular weight is 448 g/mol. The van der Waals surface area contributed by atoms with E-state index in [9.17, 15) is 27.6 Å². The van der Waals surface area contributed by atoms with E-state index >= 15 is 0 Å². The van der Waals surface area contributed by atoms with Crippen LogP contribution < -0.4 is 4.31 Å².